The smallest absolute Gasteiger partial charge is 0.416 e. The molecule has 3 nitrogen and oxygen atoms in total. The van der Waals surface area contributed by atoms with Crippen LogP contribution in [0.25, 0.3) is 6.08 Å². The van der Waals surface area contributed by atoms with Gasteiger partial charge in [0, 0.05) is 6.54 Å². The van der Waals surface area contributed by atoms with Crippen molar-refractivity contribution in [1.82, 2.24) is 5.32 Å². The first-order valence-electron chi connectivity index (χ1n) is 7.23. The van der Waals surface area contributed by atoms with E-state index < -0.39 is 17.8 Å². The maximum absolute atomic E-state index is 12.6. The Morgan fingerprint density at radius 1 is 1.08 bits per heavy atom. The van der Waals surface area contributed by atoms with Crippen LogP contribution in [0, 0.1) is 0 Å². The number of carbonyl (C=O) groups is 1. The molecule has 0 radical (unpaired) electrons. The predicted molar refractivity (Wildman–Crippen MR) is 85.1 cm³/mol. The zero-order valence-corrected chi connectivity index (χ0v) is 12.7. The van der Waals surface area contributed by atoms with E-state index in [4.69, 9.17) is 4.74 Å². The molecule has 0 saturated heterocycles. The summed E-state index contributed by atoms with van der Waals surface area (Å²) >= 11 is 0. The quantitative estimate of drug-likeness (QED) is 0.864. The van der Waals surface area contributed by atoms with Crippen molar-refractivity contribution in [2.75, 3.05) is 6.54 Å². The maximum atomic E-state index is 12.6. The largest absolute Gasteiger partial charge is 0.445 e. The zero-order chi connectivity index (χ0) is 17.4. The number of alkyl halides is 3. The third-order valence-electron chi connectivity index (χ3n) is 3.10. The summed E-state index contributed by atoms with van der Waals surface area (Å²) in [5.74, 6) is 0. The molecule has 24 heavy (non-hydrogen) atoms. The van der Waals surface area contributed by atoms with Crippen molar-refractivity contribution < 1.29 is 22.7 Å². The van der Waals surface area contributed by atoms with Gasteiger partial charge in [-0.15, -0.1) is 0 Å². The Labute approximate surface area is 137 Å². The average molecular weight is 335 g/mol. The number of benzene rings is 2. The molecule has 2 aromatic carbocycles. The van der Waals surface area contributed by atoms with Gasteiger partial charge in [-0.1, -0.05) is 54.6 Å². The van der Waals surface area contributed by atoms with E-state index in [0.717, 1.165) is 17.7 Å². The lowest BCUT2D eigenvalue weighted by molar-refractivity contribution is -0.137. The van der Waals surface area contributed by atoms with Crippen LogP contribution >= 0.6 is 0 Å². The highest BCUT2D eigenvalue weighted by atomic mass is 19.4. The number of rotatable bonds is 5. The maximum Gasteiger partial charge on any atom is 0.416 e. The Balaban J connectivity index is 1.77. The highest BCUT2D eigenvalue weighted by Gasteiger charge is 2.30. The van der Waals surface area contributed by atoms with E-state index >= 15 is 0 Å². The number of halogens is 3. The lowest BCUT2D eigenvalue weighted by atomic mass is 10.1. The van der Waals surface area contributed by atoms with Crippen LogP contribution in [-0.4, -0.2) is 12.6 Å². The van der Waals surface area contributed by atoms with Gasteiger partial charge in [0.2, 0.25) is 0 Å². The topological polar surface area (TPSA) is 38.3 Å². The molecule has 1 amide bonds. The lowest BCUT2D eigenvalue weighted by Crippen LogP contribution is -2.24. The molecular formula is C18H16F3NO2. The number of hydrogen-bond acceptors (Lipinski definition) is 2. The Morgan fingerprint density at radius 3 is 2.54 bits per heavy atom. The van der Waals surface area contributed by atoms with Crippen LogP contribution in [0.5, 0.6) is 0 Å². The van der Waals surface area contributed by atoms with Crippen molar-refractivity contribution >= 4 is 12.2 Å². The van der Waals surface area contributed by atoms with Gasteiger partial charge in [0.1, 0.15) is 6.61 Å². The minimum atomic E-state index is -4.37. The number of ether oxygens (including phenoxy) is 1. The van der Waals surface area contributed by atoms with E-state index in [1.165, 1.54) is 12.1 Å². The minimum Gasteiger partial charge on any atom is -0.445 e. The van der Waals surface area contributed by atoms with Crippen molar-refractivity contribution in [3.63, 3.8) is 0 Å². The third-order valence-corrected chi connectivity index (χ3v) is 3.10. The highest BCUT2D eigenvalue weighted by molar-refractivity contribution is 5.67. The molecule has 0 aliphatic heterocycles. The van der Waals surface area contributed by atoms with E-state index in [1.807, 2.05) is 30.3 Å². The molecule has 0 fully saturated rings. The van der Waals surface area contributed by atoms with Crippen LogP contribution < -0.4 is 5.32 Å². The second kappa shape index (κ2) is 8.19. The molecule has 0 spiro atoms. The molecule has 0 saturated carbocycles. The SMILES string of the molecule is O=C(NCC=Cc1cccc(C(F)(F)F)c1)OCc1ccccc1. The molecule has 2 aromatic rings. The molecular weight excluding hydrogens is 319 g/mol. The second-order valence-corrected chi connectivity index (χ2v) is 4.97. The molecule has 0 bridgehead atoms. The molecule has 0 unspecified atom stereocenters. The fourth-order valence-corrected chi connectivity index (χ4v) is 1.93. The van der Waals surface area contributed by atoms with Gasteiger partial charge in [-0.25, -0.2) is 4.79 Å². The monoisotopic (exact) mass is 335 g/mol. The number of amides is 1. The molecule has 1 N–H and O–H groups in total. The van der Waals surface area contributed by atoms with Crippen molar-refractivity contribution in [2.24, 2.45) is 0 Å². The van der Waals surface area contributed by atoms with E-state index in [9.17, 15) is 18.0 Å². The molecule has 126 valence electrons. The minimum absolute atomic E-state index is 0.157. The summed E-state index contributed by atoms with van der Waals surface area (Å²) in [5, 5.41) is 2.50. The lowest BCUT2D eigenvalue weighted by Gasteiger charge is -2.07. The van der Waals surface area contributed by atoms with Crippen LogP contribution in [-0.2, 0) is 17.5 Å². The summed E-state index contributed by atoms with van der Waals surface area (Å²) in [6.45, 7) is 0.313. The first-order chi connectivity index (χ1) is 11.4. The Bertz CT molecular complexity index is 697. The van der Waals surface area contributed by atoms with Crippen molar-refractivity contribution in [2.45, 2.75) is 12.8 Å². The number of nitrogens with one attached hydrogen (secondary N) is 1. The molecule has 0 aliphatic rings. The number of carbonyl (C=O) groups excluding carboxylic acids is 1. The van der Waals surface area contributed by atoms with Gasteiger partial charge >= 0.3 is 12.3 Å². The molecule has 6 heteroatoms. The summed E-state index contributed by atoms with van der Waals surface area (Å²) in [5.41, 5.74) is 0.566. The summed E-state index contributed by atoms with van der Waals surface area (Å²) in [6.07, 6.45) is -1.90. The van der Waals surface area contributed by atoms with Crippen molar-refractivity contribution in [3.8, 4) is 0 Å². The standard InChI is InChI=1S/C18H16F3NO2/c19-18(20,21)16-10-4-8-14(12-16)9-5-11-22-17(23)24-13-15-6-2-1-3-7-15/h1-10,12H,11,13H2,(H,22,23). The Hall–Kier alpha value is -2.76. The number of hydrogen-bond donors (Lipinski definition) is 1. The second-order valence-electron chi connectivity index (χ2n) is 4.97. The van der Waals surface area contributed by atoms with Gasteiger partial charge in [0.15, 0.2) is 0 Å². The highest BCUT2D eigenvalue weighted by Crippen LogP contribution is 2.29. The van der Waals surface area contributed by atoms with Crippen LogP contribution in [0.2, 0.25) is 0 Å². The van der Waals surface area contributed by atoms with Crippen LogP contribution in [0.3, 0.4) is 0 Å². The predicted octanol–water partition coefficient (Wildman–Crippen LogP) is 4.65. The van der Waals surface area contributed by atoms with Crippen LogP contribution in [0.4, 0.5) is 18.0 Å². The van der Waals surface area contributed by atoms with E-state index in [-0.39, 0.29) is 13.2 Å². The Morgan fingerprint density at radius 2 is 1.83 bits per heavy atom. The number of alkyl carbamates (subject to hydrolysis) is 1. The van der Waals surface area contributed by atoms with Crippen molar-refractivity contribution in [1.29, 1.82) is 0 Å². The van der Waals surface area contributed by atoms with Crippen LogP contribution in [0.15, 0.2) is 60.7 Å². The summed E-state index contributed by atoms with van der Waals surface area (Å²) in [7, 11) is 0. The molecule has 0 aliphatic carbocycles. The van der Waals surface area contributed by atoms with Gasteiger partial charge in [-0.05, 0) is 23.3 Å². The average Bonchev–Trinajstić information content (AvgIpc) is 2.57. The normalized spacial score (nSPS) is 11.5. The fraction of sp³-hybridized carbons (Fsp3) is 0.167. The third kappa shape index (κ3) is 5.79. The fourth-order valence-electron chi connectivity index (χ4n) is 1.93. The summed E-state index contributed by atoms with van der Waals surface area (Å²) in [6, 6.07) is 14.2. The van der Waals surface area contributed by atoms with Gasteiger partial charge in [-0.3, -0.25) is 0 Å². The van der Waals surface area contributed by atoms with Gasteiger partial charge in [-0.2, -0.15) is 13.2 Å². The first kappa shape index (κ1) is 17.6. The van der Waals surface area contributed by atoms with Gasteiger partial charge in [0.25, 0.3) is 0 Å². The first-order valence-corrected chi connectivity index (χ1v) is 7.23. The van der Waals surface area contributed by atoms with E-state index in [1.54, 1.807) is 12.1 Å². The molecule has 0 atom stereocenters. The van der Waals surface area contributed by atoms with Crippen molar-refractivity contribution in [3.05, 3.63) is 77.4 Å². The Kier molecular flexibility index (Phi) is 6.01. The van der Waals surface area contributed by atoms with E-state index in [2.05, 4.69) is 5.32 Å². The summed E-state index contributed by atoms with van der Waals surface area (Å²) < 4.78 is 42.8. The summed E-state index contributed by atoms with van der Waals surface area (Å²) in [4.78, 5) is 11.5. The zero-order valence-electron chi connectivity index (χ0n) is 12.7. The van der Waals surface area contributed by atoms with Crippen LogP contribution in [0.1, 0.15) is 16.7 Å². The van der Waals surface area contributed by atoms with E-state index in [0.29, 0.717) is 5.56 Å². The van der Waals surface area contributed by atoms with Gasteiger partial charge < -0.3 is 10.1 Å². The van der Waals surface area contributed by atoms with Gasteiger partial charge in [0.05, 0.1) is 5.56 Å². The molecule has 0 heterocycles. The molecule has 2 rings (SSSR count). The molecule has 0 aromatic heterocycles.